The van der Waals surface area contributed by atoms with Gasteiger partial charge in [-0.2, -0.15) is 0 Å². The van der Waals surface area contributed by atoms with Crippen molar-refractivity contribution in [1.29, 1.82) is 0 Å². The maximum absolute atomic E-state index is 13.0. The van der Waals surface area contributed by atoms with Crippen molar-refractivity contribution < 1.29 is 19.5 Å². The fourth-order valence-electron chi connectivity index (χ4n) is 3.32. The lowest BCUT2D eigenvalue weighted by molar-refractivity contribution is -0.142. The van der Waals surface area contributed by atoms with Crippen molar-refractivity contribution in [3.8, 4) is 0 Å². The number of aliphatic carboxylic acids is 1. The van der Waals surface area contributed by atoms with E-state index in [0.29, 0.717) is 25.8 Å². The van der Waals surface area contributed by atoms with Gasteiger partial charge in [-0.05, 0) is 43.4 Å². The second-order valence-corrected chi connectivity index (χ2v) is 7.73. The highest BCUT2D eigenvalue weighted by Gasteiger charge is 2.28. The topological polar surface area (TPSA) is 148 Å². The fraction of sp³-hybridized carbons (Fsp3) is 0.375. The molecule has 2 amide bonds. The Morgan fingerprint density at radius 2 is 1.31 bits per heavy atom. The Kier molecular flexibility index (Phi) is 10.4. The van der Waals surface area contributed by atoms with Gasteiger partial charge < -0.3 is 27.2 Å². The molecule has 8 nitrogen and oxygen atoms in total. The third-order valence-electron chi connectivity index (χ3n) is 5.11. The summed E-state index contributed by atoms with van der Waals surface area (Å²) in [6.07, 6.45) is 2.04. The highest BCUT2D eigenvalue weighted by molar-refractivity contribution is 5.92. The Hall–Kier alpha value is -3.23. The van der Waals surface area contributed by atoms with Crippen LogP contribution in [0.2, 0.25) is 0 Å². The van der Waals surface area contributed by atoms with E-state index >= 15 is 0 Å². The first-order valence-electron chi connectivity index (χ1n) is 10.8. The molecule has 0 radical (unpaired) electrons. The minimum atomic E-state index is -1.12. The van der Waals surface area contributed by atoms with Crippen LogP contribution in [0.3, 0.4) is 0 Å². The zero-order valence-electron chi connectivity index (χ0n) is 18.1. The molecular formula is C24H32N4O4. The van der Waals surface area contributed by atoms with E-state index in [1.165, 1.54) is 0 Å². The van der Waals surface area contributed by atoms with E-state index in [9.17, 15) is 19.5 Å². The molecule has 0 heterocycles. The van der Waals surface area contributed by atoms with E-state index < -0.39 is 35.9 Å². The number of unbranched alkanes of at least 4 members (excludes halogenated alkanes) is 1. The molecule has 0 aliphatic carbocycles. The minimum Gasteiger partial charge on any atom is -0.480 e. The second kappa shape index (κ2) is 13.2. The van der Waals surface area contributed by atoms with Crippen LogP contribution in [0.5, 0.6) is 0 Å². The Balaban J connectivity index is 2.09. The number of benzene rings is 2. The van der Waals surface area contributed by atoms with E-state index in [4.69, 9.17) is 11.5 Å². The number of carbonyl (C=O) groups excluding carboxylic acids is 2. The monoisotopic (exact) mass is 440 g/mol. The molecule has 0 aliphatic rings. The second-order valence-electron chi connectivity index (χ2n) is 7.73. The van der Waals surface area contributed by atoms with Gasteiger partial charge in [0.05, 0.1) is 6.04 Å². The van der Waals surface area contributed by atoms with Crippen LogP contribution < -0.4 is 22.1 Å². The molecule has 0 unspecified atom stereocenters. The van der Waals surface area contributed by atoms with Crippen molar-refractivity contribution in [2.24, 2.45) is 11.5 Å². The fourth-order valence-corrected chi connectivity index (χ4v) is 3.32. The number of hydrogen-bond acceptors (Lipinski definition) is 5. The molecule has 32 heavy (non-hydrogen) atoms. The Labute approximate surface area is 188 Å². The molecule has 7 N–H and O–H groups in total. The number of carboxylic acids is 1. The van der Waals surface area contributed by atoms with Crippen LogP contribution in [-0.4, -0.2) is 47.6 Å². The molecular weight excluding hydrogens is 408 g/mol. The standard InChI is InChI=1S/C24H32N4O4/c25-14-8-7-13-20(24(31)32)27-23(30)21(16-18-11-5-2-6-12-18)28-22(29)19(26)15-17-9-3-1-4-10-17/h1-6,9-12,19-21H,7-8,13-16,25-26H2,(H,27,30)(H,28,29)(H,31,32)/t19-,20+,21+/m1/s1. The molecule has 8 heteroatoms. The molecule has 0 aliphatic heterocycles. The molecule has 2 aromatic carbocycles. The van der Waals surface area contributed by atoms with E-state index in [1.54, 1.807) is 0 Å². The van der Waals surface area contributed by atoms with Crippen LogP contribution >= 0.6 is 0 Å². The van der Waals surface area contributed by atoms with Gasteiger partial charge in [0.2, 0.25) is 11.8 Å². The quantitative estimate of drug-likeness (QED) is 0.293. The summed E-state index contributed by atoms with van der Waals surface area (Å²) in [5.74, 6) is -2.16. The van der Waals surface area contributed by atoms with Crippen LogP contribution in [0.4, 0.5) is 0 Å². The SMILES string of the molecule is NCCCC[C@H](NC(=O)[C@H](Cc1ccccc1)NC(=O)[C@H](N)Cc1ccccc1)C(=O)O. The van der Waals surface area contributed by atoms with E-state index in [1.807, 2.05) is 60.7 Å². The number of nitrogens with one attached hydrogen (secondary N) is 2. The van der Waals surface area contributed by atoms with E-state index in [2.05, 4.69) is 10.6 Å². The lowest BCUT2D eigenvalue weighted by Crippen LogP contribution is -2.55. The summed E-state index contributed by atoms with van der Waals surface area (Å²) >= 11 is 0. The normalized spacial score (nSPS) is 13.6. The van der Waals surface area contributed by atoms with Gasteiger partial charge in [-0.25, -0.2) is 4.79 Å². The number of amides is 2. The Morgan fingerprint density at radius 1 is 0.781 bits per heavy atom. The van der Waals surface area contributed by atoms with E-state index in [-0.39, 0.29) is 12.8 Å². The molecule has 0 saturated carbocycles. The summed E-state index contributed by atoms with van der Waals surface area (Å²) in [6, 6.07) is 15.7. The first-order chi connectivity index (χ1) is 15.4. The zero-order chi connectivity index (χ0) is 23.3. The first kappa shape index (κ1) is 25.0. The summed E-state index contributed by atoms with van der Waals surface area (Å²) in [5, 5.41) is 14.7. The molecule has 3 atom stereocenters. The van der Waals surface area contributed by atoms with Crippen molar-refractivity contribution >= 4 is 17.8 Å². The number of hydrogen-bond donors (Lipinski definition) is 5. The maximum Gasteiger partial charge on any atom is 0.326 e. The van der Waals surface area contributed by atoms with E-state index in [0.717, 1.165) is 11.1 Å². The van der Waals surface area contributed by atoms with Crippen molar-refractivity contribution in [2.45, 2.75) is 50.2 Å². The van der Waals surface area contributed by atoms with Crippen molar-refractivity contribution in [1.82, 2.24) is 10.6 Å². The predicted molar refractivity (Wildman–Crippen MR) is 123 cm³/mol. The number of carboxylic acid groups (broad SMARTS) is 1. The van der Waals surface area contributed by atoms with Gasteiger partial charge in [0.1, 0.15) is 12.1 Å². The van der Waals surface area contributed by atoms with Crippen LogP contribution in [0.15, 0.2) is 60.7 Å². The van der Waals surface area contributed by atoms with Crippen molar-refractivity contribution in [3.63, 3.8) is 0 Å². The highest BCUT2D eigenvalue weighted by Crippen LogP contribution is 2.08. The number of carbonyl (C=O) groups is 3. The predicted octanol–water partition coefficient (Wildman–Crippen LogP) is 0.982. The van der Waals surface area contributed by atoms with Crippen LogP contribution in [0.1, 0.15) is 30.4 Å². The smallest absolute Gasteiger partial charge is 0.326 e. The molecule has 0 saturated heterocycles. The highest BCUT2D eigenvalue weighted by atomic mass is 16.4. The van der Waals surface area contributed by atoms with Crippen LogP contribution in [0, 0.1) is 0 Å². The number of nitrogens with two attached hydrogens (primary N) is 2. The lowest BCUT2D eigenvalue weighted by atomic mass is 10.0. The lowest BCUT2D eigenvalue weighted by Gasteiger charge is -2.23. The Bertz CT molecular complexity index is 861. The molecule has 172 valence electrons. The molecule has 0 spiro atoms. The summed E-state index contributed by atoms with van der Waals surface area (Å²) in [5.41, 5.74) is 13.3. The molecule has 0 aromatic heterocycles. The summed E-state index contributed by atoms with van der Waals surface area (Å²) in [6.45, 7) is 0.451. The van der Waals surface area contributed by atoms with Gasteiger partial charge in [-0.3, -0.25) is 9.59 Å². The van der Waals surface area contributed by atoms with Gasteiger partial charge >= 0.3 is 5.97 Å². The van der Waals surface area contributed by atoms with Crippen LogP contribution in [0.25, 0.3) is 0 Å². The molecule has 0 fully saturated rings. The average molecular weight is 441 g/mol. The van der Waals surface area contributed by atoms with Gasteiger partial charge in [0.15, 0.2) is 0 Å². The summed E-state index contributed by atoms with van der Waals surface area (Å²) < 4.78 is 0. The third kappa shape index (κ3) is 8.49. The van der Waals surface area contributed by atoms with Gasteiger partial charge in [-0.1, -0.05) is 60.7 Å². The zero-order valence-corrected chi connectivity index (χ0v) is 18.1. The van der Waals surface area contributed by atoms with Gasteiger partial charge in [0.25, 0.3) is 0 Å². The first-order valence-corrected chi connectivity index (χ1v) is 10.8. The van der Waals surface area contributed by atoms with Crippen LogP contribution in [-0.2, 0) is 27.2 Å². The number of rotatable bonds is 13. The maximum atomic E-state index is 13.0. The summed E-state index contributed by atoms with van der Waals surface area (Å²) in [4.78, 5) is 37.3. The van der Waals surface area contributed by atoms with Crippen molar-refractivity contribution in [2.75, 3.05) is 6.54 Å². The largest absolute Gasteiger partial charge is 0.480 e. The molecule has 2 aromatic rings. The Morgan fingerprint density at radius 3 is 1.84 bits per heavy atom. The average Bonchev–Trinajstić information content (AvgIpc) is 2.79. The van der Waals surface area contributed by atoms with Gasteiger partial charge in [-0.15, -0.1) is 0 Å². The third-order valence-corrected chi connectivity index (χ3v) is 5.11. The molecule has 0 bridgehead atoms. The summed E-state index contributed by atoms with van der Waals surface area (Å²) in [7, 11) is 0. The minimum absolute atomic E-state index is 0.214. The van der Waals surface area contributed by atoms with Crippen molar-refractivity contribution in [3.05, 3.63) is 71.8 Å². The molecule has 2 rings (SSSR count). The van der Waals surface area contributed by atoms with Gasteiger partial charge in [0, 0.05) is 6.42 Å².